The molecule has 0 saturated heterocycles. The molecule has 5 heteroatoms. The first-order chi connectivity index (χ1) is 9.51. The van der Waals surface area contributed by atoms with Gasteiger partial charge in [-0.2, -0.15) is 5.26 Å². The summed E-state index contributed by atoms with van der Waals surface area (Å²) in [6.45, 7) is 4.52. The molecule has 2 rings (SSSR count). The van der Waals surface area contributed by atoms with Crippen molar-refractivity contribution < 1.29 is 4.92 Å². The molecule has 1 aromatic carbocycles. The van der Waals surface area contributed by atoms with E-state index < -0.39 is 4.92 Å². The summed E-state index contributed by atoms with van der Waals surface area (Å²) in [6.07, 6.45) is 3.32. The maximum atomic E-state index is 10.7. The molecule has 1 aromatic rings. The fourth-order valence-electron chi connectivity index (χ4n) is 2.76. The van der Waals surface area contributed by atoms with E-state index in [0.717, 1.165) is 18.8 Å². The van der Waals surface area contributed by atoms with Crippen LogP contribution < -0.4 is 5.32 Å². The smallest absolute Gasteiger partial charge is 0.270 e. The monoisotopic (exact) mass is 273 g/mol. The number of non-ortho nitro benzene ring substituents is 1. The van der Waals surface area contributed by atoms with Gasteiger partial charge in [-0.15, -0.1) is 0 Å². The van der Waals surface area contributed by atoms with Crippen molar-refractivity contribution in [2.45, 2.75) is 39.2 Å². The third-order valence-corrected chi connectivity index (χ3v) is 4.29. The molecule has 5 nitrogen and oxygen atoms in total. The molecule has 1 aliphatic rings. The van der Waals surface area contributed by atoms with Crippen molar-refractivity contribution in [3.05, 3.63) is 33.9 Å². The number of hydrogen-bond acceptors (Lipinski definition) is 4. The number of rotatable bonds is 3. The zero-order valence-electron chi connectivity index (χ0n) is 11.8. The van der Waals surface area contributed by atoms with Gasteiger partial charge in [0.05, 0.1) is 16.2 Å². The molecule has 0 aliphatic heterocycles. The van der Waals surface area contributed by atoms with Crippen LogP contribution in [0.1, 0.15) is 38.7 Å². The van der Waals surface area contributed by atoms with Gasteiger partial charge >= 0.3 is 0 Å². The SMILES string of the molecule is CC1CCC(Nc2ccc([N+](=O)[O-])cc2C#N)CC1C. The van der Waals surface area contributed by atoms with E-state index in [-0.39, 0.29) is 5.69 Å². The molecule has 3 unspecified atom stereocenters. The average Bonchev–Trinajstić information content (AvgIpc) is 2.43. The van der Waals surface area contributed by atoms with Crippen LogP contribution >= 0.6 is 0 Å². The van der Waals surface area contributed by atoms with Gasteiger partial charge in [0.1, 0.15) is 6.07 Å². The second-order valence-corrected chi connectivity index (χ2v) is 5.71. The van der Waals surface area contributed by atoms with E-state index in [0.29, 0.717) is 23.2 Å². The van der Waals surface area contributed by atoms with Crippen LogP contribution in [0.2, 0.25) is 0 Å². The Morgan fingerprint density at radius 3 is 2.70 bits per heavy atom. The Bertz CT molecular complexity index is 551. The molecule has 0 heterocycles. The minimum absolute atomic E-state index is 0.0438. The van der Waals surface area contributed by atoms with Crippen molar-refractivity contribution in [3.8, 4) is 6.07 Å². The Morgan fingerprint density at radius 1 is 1.35 bits per heavy atom. The molecule has 0 amide bonds. The molecule has 0 spiro atoms. The Kier molecular flexibility index (Phi) is 4.23. The molecule has 3 atom stereocenters. The van der Waals surface area contributed by atoms with Crippen molar-refractivity contribution in [3.63, 3.8) is 0 Å². The van der Waals surface area contributed by atoms with Gasteiger partial charge in [-0.05, 0) is 37.2 Å². The average molecular weight is 273 g/mol. The molecule has 106 valence electrons. The van der Waals surface area contributed by atoms with E-state index in [1.54, 1.807) is 6.07 Å². The first-order valence-corrected chi connectivity index (χ1v) is 6.96. The summed E-state index contributed by atoms with van der Waals surface area (Å²) in [6, 6.07) is 6.79. The summed E-state index contributed by atoms with van der Waals surface area (Å²) in [5, 5.41) is 23.2. The second-order valence-electron chi connectivity index (χ2n) is 5.71. The Balaban J connectivity index is 2.14. The van der Waals surface area contributed by atoms with E-state index in [4.69, 9.17) is 5.26 Å². The van der Waals surface area contributed by atoms with Gasteiger partial charge in [-0.1, -0.05) is 13.8 Å². The second kappa shape index (κ2) is 5.91. The van der Waals surface area contributed by atoms with Crippen LogP contribution in [0.4, 0.5) is 11.4 Å². The number of nitro benzene ring substituents is 1. The van der Waals surface area contributed by atoms with Crippen LogP contribution in [0, 0.1) is 33.3 Å². The van der Waals surface area contributed by atoms with E-state index in [2.05, 4.69) is 19.2 Å². The lowest BCUT2D eigenvalue weighted by Crippen LogP contribution is -2.30. The van der Waals surface area contributed by atoms with Crippen molar-refractivity contribution in [2.24, 2.45) is 11.8 Å². The van der Waals surface area contributed by atoms with Crippen LogP contribution in [0.15, 0.2) is 18.2 Å². The number of nitrogens with one attached hydrogen (secondary N) is 1. The molecule has 20 heavy (non-hydrogen) atoms. The number of anilines is 1. The van der Waals surface area contributed by atoms with Crippen molar-refractivity contribution in [2.75, 3.05) is 5.32 Å². The lowest BCUT2D eigenvalue weighted by molar-refractivity contribution is -0.384. The summed E-state index contributed by atoms with van der Waals surface area (Å²) >= 11 is 0. The van der Waals surface area contributed by atoms with Gasteiger partial charge < -0.3 is 5.32 Å². The zero-order valence-corrected chi connectivity index (χ0v) is 11.8. The number of hydrogen-bond donors (Lipinski definition) is 1. The molecule has 1 fully saturated rings. The van der Waals surface area contributed by atoms with Crippen molar-refractivity contribution in [1.82, 2.24) is 0 Å². The minimum atomic E-state index is -0.477. The van der Waals surface area contributed by atoms with Gasteiger partial charge in [0, 0.05) is 18.2 Å². The van der Waals surface area contributed by atoms with E-state index in [1.165, 1.54) is 18.6 Å². The fraction of sp³-hybridized carbons (Fsp3) is 0.533. The molecule has 1 saturated carbocycles. The molecule has 0 radical (unpaired) electrons. The summed E-state index contributed by atoms with van der Waals surface area (Å²) in [5.41, 5.74) is 0.994. The summed E-state index contributed by atoms with van der Waals surface area (Å²) in [5.74, 6) is 1.39. The Labute approximate surface area is 118 Å². The van der Waals surface area contributed by atoms with Gasteiger partial charge in [-0.25, -0.2) is 0 Å². The van der Waals surface area contributed by atoms with Crippen LogP contribution in [0.3, 0.4) is 0 Å². The Hall–Kier alpha value is -2.09. The molecular formula is C15H19N3O2. The third kappa shape index (κ3) is 3.08. The molecule has 1 aliphatic carbocycles. The van der Waals surface area contributed by atoms with Crippen LogP contribution in [0.25, 0.3) is 0 Å². The predicted molar refractivity (Wildman–Crippen MR) is 77.4 cm³/mol. The first-order valence-electron chi connectivity index (χ1n) is 6.96. The van der Waals surface area contributed by atoms with Crippen LogP contribution in [0.5, 0.6) is 0 Å². The highest BCUT2D eigenvalue weighted by molar-refractivity contribution is 5.61. The van der Waals surface area contributed by atoms with Gasteiger partial charge in [0.25, 0.3) is 5.69 Å². The van der Waals surface area contributed by atoms with Gasteiger partial charge in [-0.3, -0.25) is 10.1 Å². The molecular weight excluding hydrogens is 254 g/mol. The van der Waals surface area contributed by atoms with E-state index in [1.807, 2.05) is 6.07 Å². The summed E-state index contributed by atoms with van der Waals surface area (Å²) in [7, 11) is 0. The maximum absolute atomic E-state index is 10.7. The molecule has 0 aromatic heterocycles. The topological polar surface area (TPSA) is 79.0 Å². The highest BCUT2D eigenvalue weighted by atomic mass is 16.6. The standard InChI is InChI=1S/C15H19N3O2/c1-10-3-4-13(7-11(10)2)17-15-6-5-14(18(19)20)8-12(15)9-16/h5-6,8,10-11,13,17H,3-4,7H2,1-2H3. The molecule has 0 bridgehead atoms. The number of nitrogens with zero attached hydrogens (tertiary/aromatic N) is 2. The highest BCUT2D eigenvalue weighted by Gasteiger charge is 2.25. The lowest BCUT2D eigenvalue weighted by Gasteiger charge is -2.33. The summed E-state index contributed by atoms with van der Waals surface area (Å²) in [4.78, 5) is 10.2. The van der Waals surface area contributed by atoms with Crippen LogP contribution in [-0.2, 0) is 0 Å². The lowest BCUT2D eigenvalue weighted by atomic mass is 9.79. The third-order valence-electron chi connectivity index (χ3n) is 4.29. The highest BCUT2D eigenvalue weighted by Crippen LogP contribution is 2.32. The normalized spacial score (nSPS) is 25.8. The predicted octanol–water partition coefficient (Wildman–Crippen LogP) is 3.70. The first kappa shape index (κ1) is 14.3. The number of nitriles is 1. The fourth-order valence-corrected chi connectivity index (χ4v) is 2.76. The quantitative estimate of drug-likeness (QED) is 0.672. The Morgan fingerprint density at radius 2 is 2.10 bits per heavy atom. The zero-order chi connectivity index (χ0) is 14.7. The van der Waals surface area contributed by atoms with E-state index in [9.17, 15) is 10.1 Å². The maximum Gasteiger partial charge on any atom is 0.270 e. The van der Waals surface area contributed by atoms with Gasteiger partial charge in [0.15, 0.2) is 0 Å². The van der Waals surface area contributed by atoms with Crippen molar-refractivity contribution in [1.29, 1.82) is 5.26 Å². The largest absolute Gasteiger partial charge is 0.381 e. The van der Waals surface area contributed by atoms with Gasteiger partial charge in [0.2, 0.25) is 0 Å². The van der Waals surface area contributed by atoms with E-state index >= 15 is 0 Å². The molecule has 1 N–H and O–H groups in total. The van der Waals surface area contributed by atoms with Crippen molar-refractivity contribution >= 4 is 11.4 Å². The number of benzene rings is 1. The minimum Gasteiger partial charge on any atom is -0.381 e. The van der Waals surface area contributed by atoms with Crippen LogP contribution in [-0.4, -0.2) is 11.0 Å². The summed E-state index contributed by atoms with van der Waals surface area (Å²) < 4.78 is 0. The number of nitro groups is 1.